The van der Waals surface area contributed by atoms with E-state index < -0.39 is 8.25 Å². The van der Waals surface area contributed by atoms with Crippen molar-refractivity contribution in [2.75, 3.05) is 39.6 Å². The van der Waals surface area contributed by atoms with Crippen LogP contribution >= 0.6 is 8.25 Å². The number of ether oxygens (including phenoxy) is 2. The summed E-state index contributed by atoms with van der Waals surface area (Å²) in [6.07, 6.45) is 12.2. The Morgan fingerprint density at radius 1 is 0.542 bits per heavy atom. The van der Waals surface area contributed by atoms with E-state index in [4.69, 9.17) is 18.5 Å². The number of unbranched alkanes of at least 4 members (excludes halogenated alkanes) is 8. The predicted molar refractivity (Wildman–Crippen MR) is 98.7 cm³/mol. The van der Waals surface area contributed by atoms with E-state index in [9.17, 15) is 4.57 Å². The fourth-order valence-corrected chi connectivity index (χ4v) is 2.72. The third-order valence-corrected chi connectivity index (χ3v) is 4.42. The van der Waals surface area contributed by atoms with Gasteiger partial charge >= 0.3 is 8.25 Å². The van der Waals surface area contributed by atoms with E-state index in [1.54, 1.807) is 0 Å². The topological polar surface area (TPSA) is 54.0 Å². The summed E-state index contributed by atoms with van der Waals surface area (Å²) >= 11 is 0. The summed E-state index contributed by atoms with van der Waals surface area (Å²) in [5.41, 5.74) is 0. The molecule has 0 unspecified atom stereocenters. The highest BCUT2D eigenvalue weighted by Crippen LogP contribution is 2.22. The van der Waals surface area contributed by atoms with Crippen molar-refractivity contribution in [3.8, 4) is 0 Å². The van der Waals surface area contributed by atoms with E-state index in [2.05, 4.69) is 13.8 Å². The molecule has 0 atom stereocenters. The Labute approximate surface area is 149 Å². The van der Waals surface area contributed by atoms with Gasteiger partial charge in [-0.05, 0) is 12.8 Å². The van der Waals surface area contributed by atoms with Crippen molar-refractivity contribution >= 4 is 8.25 Å². The van der Waals surface area contributed by atoms with Gasteiger partial charge in [-0.1, -0.05) is 65.2 Å². The first-order valence-corrected chi connectivity index (χ1v) is 10.8. The zero-order chi connectivity index (χ0) is 17.7. The highest BCUT2D eigenvalue weighted by Gasteiger charge is 2.19. The van der Waals surface area contributed by atoms with Gasteiger partial charge in [0.2, 0.25) is 0 Å². The molecule has 0 rings (SSSR count). The maximum Gasteiger partial charge on any atom is 0.697 e. The van der Waals surface area contributed by atoms with Crippen molar-refractivity contribution < 1.29 is 23.1 Å². The van der Waals surface area contributed by atoms with E-state index in [0.717, 1.165) is 26.1 Å². The number of hydrogen-bond acceptors (Lipinski definition) is 5. The summed E-state index contributed by atoms with van der Waals surface area (Å²) < 4.78 is 32.4. The molecule has 0 amide bonds. The van der Waals surface area contributed by atoms with E-state index >= 15 is 0 Å². The van der Waals surface area contributed by atoms with Crippen LogP contribution in [0.15, 0.2) is 0 Å². The first-order valence-electron chi connectivity index (χ1n) is 9.69. The molecule has 6 heteroatoms. The Morgan fingerprint density at radius 3 is 1.38 bits per heavy atom. The van der Waals surface area contributed by atoms with Crippen molar-refractivity contribution in [2.24, 2.45) is 0 Å². The first-order chi connectivity index (χ1) is 11.8. The smallest absolute Gasteiger partial charge is 0.379 e. The van der Waals surface area contributed by atoms with Crippen LogP contribution in [0.1, 0.15) is 78.1 Å². The maximum atomic E-state index is 11.4. The molecule has 0 aromatic heterocycles. The molecular formula is C18H38O5P+. The largest absolute Gasteiger partial charge is 0.697 e. The quantitative estimate of drug-likeness (QED) is 0.206. The van der Waals surface area contributed by atoms with Crippen LogP contribution in [0.3, 0.4) is 0 Å². The normalized spacial score (nSPS) is 11.1. The van der Waals surface area contributed by atoms with Gasteiger partial charge in [0.15, 0.2) is 0 Å². The highest BCUT2D eigenvalue weighted by atomic mass is 31.1. The molecule has 0 aromatic rings. The predicted octanol–water partition coefficient (Wildman–Crippen LogP) is 5.65. The molecule has 0 spiro atoms. The molecule has 0 aliphatic heterocycles. The Hall–Kier alpha value is -0.0600. The molecule has 24 heavy (non-hydrogen) atoms. The highest BCUT2D eigenvalue weighted by molar-refractivity contribution is 7.33. The molecule has 5 nitrogen and oxygen atoms in total. The second kappa shape index (κ2) is 21.0. The van der Waals surface area contributed by atoms with Crippen molar-refractivity contribution in [3.63, 3.8) is 0 Å². The molecule has 0 heterocycles. The fourth-order valence-electron chi connectivity index (χ4n) is 2.20. The third kappa shape index (κ3) is 20.0. The second-order valence-corrected chi connectivity index (χ2v) is 6.91. The Bertz CT molecular complexity index is 240. The van der Waals surface area contributed by atoms with Gasteiger partial charge in [-0.15, -0.1) is 9.05 Å². The van der Waals surface area contributed by atoms with Crippen molar-refractivity contribution in [1.29, 1.82) is 0 Å². The molecule has 0 fully saturated rings. The number of rotatable bonds is 20. The molecular weight excluding hydrogens is 327 g/mol. The Balaban J connectivity index is 3.13. The van der Waals surface area contributed by atoms with Crippen molar-refractivity contribution in [2.45, 2.75) is 78.1 Å². The monoisotopic (exact) mass is 365 g/mol. The van der Waals surface area contributed by atoms with Crippen LogP contribution < -0.4 is 0 Å². The van der Waals surface area contributed by atoms with E-state index in [0.29, 0.717) is 26.4 Å². The van der Waals surface area contributed by atoms with Gasteiger partial charge in [0, 0.05) is 17.8 Å². The molecule has 144 valence electrons. The van der Waals surface area contributed by atoms with Crippen molar-refractivity contribution in [3.05, 3.63) is 0 Å². The van der Waals surface area contributed by atoms with Crippen LogP contribution in [0.25, 0.3) is 0 Å². The van der Waals surface area contributed by atoms with Crippen LogP contribution in [0.5, 0.6) is 0 Å². The maximum absolute atomic E-state index is 11.4. The molecule has 0 N–H and O–H groups in total. The van der Waals surface area contributed by atoms with Gasteiger partial charge in [-0.3, -0.25) is 0 Å². The van der Waals surface area contributed by atoms with Crippen molar-refractivity contribution in [1.82, 2.24) is 0 Å². The Kier molecular flexibility index (Phi) is 20.9. The van der Waals surface area contributed by atoms with E-state index in [-0.39, 0.29) is 0 Å². The van der Waals surface area contributed by atoms with E-state index in [1.165, 1.54) is 51.4 Å². The summed E-state index contributed by atoms with van der Waals surface area (Å²) in [5.74, 6) is 0. The summed E-state index contributed by atoms with van der Waals surface area (Å²) in [6.45, 7) is 7.45. The molecule has 0 aromatic carbocycles. The molecule has 0 saturated carbocycles. The minimum atomic E-state index is -2.06. The lowest BCUT2D eigenvalue weighted by Gasteiger charge is -2.02. The zero-order valence-electron chi connectivity index (χ0n) is 15.8. The van der Waals surface area contributed by atoms with Gasteiger partial charge in [0.1, 0.15) is 13.2 Å². The lowest BCUT2D eigenvalue weighted by molar-refractivity contribution is 0.0774. The van der Waals surface area contributed by atoms with Gasteiger partial charge in [0.25, 0.3) is 0 Å². The summed E-state index contributed by atoms with van der Waals surface area (Å²) in [7, 11) is -2.06. The standard InChI is InChI=1S/C18H38O5P/c1-3-5-7-9-11-13-20-15-17-22-24(19)23-18-16-21-14-12-10-8-6-4-2/h3-18H2,1-2H3/q+1. The minimum Gasteiger partial charge on any atom is -0.379 e. The zero-order valence-corrected chi connectivity index (χ0v) is 16.7. The summed E-state index contributed by atoms with van der Waals surface area (Å²) in [5, 5.41) is 0. The first kappa shape index (κ1) is 23.9. The van der Waals surface area contributed by atoms with Gasteiger partial charge in [-0.25, -0.2) is 0 Å². The summed E-state index contributed by atoms with van der Waals surface area (Å²) in [6, 6.07) is 0. The number of hydrogen-bond donors (Lipinski definition) is 0. The lowest BCUT2D eigenvalue weighted by atomic mass is 10.2. The van der Waals surface area contributed by atoms with Gasteiger partial charge < -0.3 is 9.47 Å². The molecule has 0 aliphatic rings. The molecule has 0 bridgehead atoms. The van der Waals surface area contributed by atoms with Crippen LogP contribution in [-0.2, 0) is 23.1 Å². The van der Waals surface area contributed by atoms with E-state index in [1.807, 2.05) is 0 Å². The summed E-state index contributed by atoms with van der Waals surface area (Å²) in [4.78, 5) is 0. The second-order valence-electron chi connectivity index (χ2n) is 5.94. The fraction of sp³-hybridized carbons (Fsp3) is 1.00. The molecule has 0 saturated heterocycles. The lowest BCUT2D eigenvalue weighted by Crippen LogP contribution is -2.05. The molecule has 0 aliphatic carbocycles. The van der Waals surface area contributed by atoms with Crippen LogP contribution in [0.4, 0.5) is 0 Å². The average molecular weight is 365 g/mol. The minimum absolute atomic E-state index is 0.308. The Morgan fingerprint density at radius 2 is 0.958 bits per heavy atom. The third-order valence-electron chi connectivity index (χ3n) is 3.63. The van der Waals surface area contributed by atoms with Gasteiger partial charge in [-0.2, -0.15) is 0 Å². The van der Waals surface area contributed by atoms with Crippen LogP contribution in [0, 0.1) is 0 Å². The van der Waals surface area contributed by atoms with Gasteiger partial charge in [0.05, 0.1) is 13.2 Å². The molecule has 0 radical (unpaired) electrons. The average Bonchev–Trinajstić information content (AvgIpc) is 2.59. The SMILES string of the molecule is CCCCCCCOCCO[P+](=O)OCCOCCCCCCC. The van der Waals surface area contributed by atoms with Crippen LogP contribution in [0.2, 0.25) is 0 Å². The van der Waals surface area contributed by atoms with Crippen LogP contribution in [-0.4, -0.2) is 39.6 Å².